The third-order valence-corrected chi connectivity index (χ3v) is 7.04. The number of nitrogen functional groups attached to an aromatic ring is 1. The summed E-state index contributed by atoms with van der Waals surface area (Å²) in [6, 6.07) is 15.4. The van der Waals surface area contributed by atoms with Gasteiger partial charge in [0.05, 0.1) is 17.7 Å². The lowest BCUT2D eigenvalue weighted by Gasteiger charge is -2.12. The number of fused-ring (bicyclic) bond motifs is 1. The third-order valence-electron chi connectivity index (χ3n) is 7.04. The number of rotatable bonds is 9. The van der Waals surface area contributed by atoms with Gasteiger partial charge in [-0.2, -0.15) is 0 Å². The first kappa shape index (κ1) is 28.7. The molecule has 1 amide bonds. The summed E-state index contributed by atoms with van der Waals surface area (Å²) in [5, 5.41) is 6.80. The molecule has 0 unspecified atom stereocenters. The van der Waals surface area contributed by atoms with Gasteiger partial charge in [0, 0.05) is 42.6 Å². The molecule has 1 aliphatic rings. The van der Waals surface area contributed by atoms with E-state index in [2.05, 4.69) is 27.2 Å². The number of amides is 1. The van der Waals surface area contributed by atoms with Crippen molar-refractivity contribution < 1.29 is 14.3 Å². The zero-order valence-corrected chi connectivity index (χ0v) is 23.4. The lowest BCUT2D eigenvalue weighted by atomic mass is 9.98. The lowest BCUT2D eigenvalue weighted by Crippen LogP contribution is -2.31. The van der Waals surface area contributed by atoms with Crippen LogP contribution in [-0.4, -0.2) is 53.5 Å². The number of anilines is 2. The van der Waals surface area contributed by atoms with Crippen molar-refractivity contribution >= 4 is 34.7 Å². The summed E-state index contributed by atoms with van der Waals surface area (Å²) in [7, 11) is 5.68. The zero-order chi connectivity index (χ0) is 28.8. The number of aldehydes is 1. The second-order valence-corrected chi connectivity index (χ2v) is 9.98. The average Bonchev–Trinajstić information content (AvgIpc) is 3.76. The molecule has 1 atom stereocenters. The highest BCUT2D eigenvalue weighted by molar-refractivity contribution is 6.08. The van der Waals surface area contributed by atoms with Gasteiger partial charge in [-0.3, -0.25) is 9.59 Å². The zero-order valence-electron chi connectivity index (χ0n) is 23.4. The molecule has 0 radical (unpaired) electrons. The Labute approximate surface area is 234 Å². The second kappa shape index (κ2) is 12.7. The van der Waals surface area contributed by atoms with Crippen LogP contribution in [0.5, 0.6) is 0 Å². The van der Waals surface area contributed by atoms with Crippen molar-refractivity contribution in [2.24, 2.45) is 13.0 Å². The van der Waals surface area contributed by atoms with Crippen molar-refractivity contribution in [3.05, 3.63) is 72.6 Å². The molecule has 9 nitrogen and oxygen atoms in total. The minimum atomic E-state index is -0.226. The molecule has 0 bridgehead atoms. The van der Waals surface area contributed by atoms with Crippen LogP contribution < -0.4 is 16.4 Å². The van der Waals surface area contributed by atoms with E-state index in [1.807, 2.05) is 55.1 Å². The summed E-state index contributed by atoms with van der Waals surface area (Å²) < 4.78 is 7.00. The minimum absolute atomic E-state index is 0.226. The first-order valence-electron chi connectivity index (χ1n) is 13.2. The molecule has 2 aromatic carbocycles. The Kier molecular flexibility index (Phi) is 9.08. The van der Waals surface area contributed by atoms with E-state index < -0.39 is 0 Å². The fraction of sp³-hybridized carbons (Fsp3) is 0.290. The Morgan fingerprint density at radius 3 is 2.35 bits per heavy atom. The van der Waals surface area contributed by atoms with Gasteiger partial charge in [-0.1, -0.05) is 43.0 Å². The van der Waals surface area contributed by atoms with E-state index in [-0.39, 0.29) is 5.91 Å². The topological polar surface area (TPSA) is 124 Å². The molecule has 0 aliphatic heterocycles. The molecule has 208 valence electrons. The molecule has 0 saturated heterocycles. The molecular formula is C31H36N6O3. The maximum atomic E-state index is 11.9. The molecule has 9 heteroatoms. The van der Waals surface area contributed by atoms with E-state index in [0.717, 1.165) is 46.6 Å². The monoisotopic (exact) mass is 540 g/mol. The molecule has 0 spiro atoms. The fourth-order valence-electron chi connectivity index (χ4n) is 4.71. The third kappa shape index (κ3) is 6.27. The van der Waals surface area contributed by atoms with Gasteiger partial charge in [0.25, 0.3) is 5.91 Å². The Morgan fingerprint density at radius 2 is 1.80 bits per heavy atom. The SMILES string of the molecule is C=C(C)C(=O)Nc1ccc(-c2c(-c3ccc(C=O)cc3)c3c(N)ncnc3n2C)cc1.CN[C@@H](COC)C1CC1. The number of carbonyl (C=O) groups excluding carboxylic acids is 2. The molecular weight excluding hydrogens is 504 g/mol. The first-order chi connectivity index (χ1) is 19.3. The number of likely N-dealkylation sites (N-methyl/N-ethyl adjacent to an activating group) is 1. The van der Waals surface area contributed by atoms with Crippen LogP contribution in [0.4, 0.5) is 11.5 Å². The highest BCUT2D eigenvalue weighted by Gasteiger charge is 2.29. The summed E-state index contributed by atoms with van der Waals surface area (Å²) in [5.41, 5.74) is 12.2. The maximum Gasteiger partial charge on any atom is 0.250 e. The highest BCUT2D eigenvalue weighted by Crippen LogP contribution is 2.41. The number of hydrogen-bond acceptors (Lipinski definition) is 7. The molecule has 4 N–H and O–H groups in total. The molecule has 4 aromatic rings. The number of benzene rings is 2. The van der Waals surface area contributed by atoms with Crippen molar-refractivity contribution in [1.82, 2.24) is 19.9 Å². The van der Waals surface area contributed by atoms with E-state index in [0.29, 0.717) is 34.3 Å². The molecule has 2 heterocycles. The lowest BCUT2D eigenvalue weighted by molar-refractivity contribution is -0.112. The summed E-state index contributed by atoms with van der Waals surface area (Å²) in [6.07, 6.45) is 5.02. The van der Waals surface area contributed by atoms with E-state index in [4.69, 9.17) is 10.5 Å². The number of aromatic nitrogens is 3. The van der Waals surface area contributed by atoms with Gasteiger partial charge >= 0.3 is 0 Å². The Balaban J connectivity index is 0.000000350. The predicted octanol–water partition coefficient (Wildman–Crippen LogP) is 4.84. The standard InChI is InChI=1S/C24H21N5O2.C7H15NO/c1-14(2)24(31)28-18-10-8-17(9-11-18)21-19(16-6-4-15(12-30)5-7-16)20-22(25)26-13-27-23(20)29(21)3;1-8-7(5-9-2)6-3-4-6/h4-13H,1H2,2-3H3,(H,28,31)(H2,25,26,27);6-8H,3-5H2,1-2H3/t;7-/m.0/s1. The van der Waals surface area contributed by atoms with Crippen LogP contribution in [0.3, 0.4) is 0 Å². The molecule has 5 rings (SSSR count). The van der Waals surface area contributed by atoms with E-state index in [1.165, 1.54) is 19.2 Å². The van der Waals surface area contributed by atoms with Crippen LogP contribution in [0.25, 0.3) is 33.4 Å². The number of ether oxygens (including phenoxy) is 1. The Hall–Kier alpha value is -4.34. The number of methoxy groups -OCH3 is 1. The van der Waals surface area contributed by atoms with E-state index in [9.17, 15) is 9.59 Å². The molecule has 1 aliphatic carbocycles. The van der Waals surface area contributed by atoms with Crippen LogP contribution in [0.15, 0.2) is 67.0 Å². The van der Waals surface area contributed by atoms with Crippen LogP contribution >= 0.6 is 0 Å². The quantitative estimate of drug-likeness (QED) is 0.205. The number of hydrogen-bond donors (Lipinski definition) is 3. The van der Waals surface area contributed by atoms with E-state index in [1.54, 1.807) is 26.2 Å². The van der Waals surface area contributed by atoms with Crippen LogP contribution in [0.1, 0.15) is 30.1 Å². The Bertz CT molecular complexity index is 1510. The highest BCUT2D eigenvalue weighted by atomic mass is 16.5. The summed E-state index contributed by atoms with van der Waals surface area (Å²) >= 11 is 0. The molecule has 40 heavy (non-hydrogen) atoms. The summed E-state index contributed by atoms with van der Waals surface area (Å²) in [4.78, 5) is 31.6. The van der Waals surface area contributed by atoms with Crippen LogP contribution in [0, 0.1) is 5.92 Å². The van der Waals surface area contributed by atoms with Gasteiger partial charge in [0.1, 0.15) is 24.1 Å². The van der Waals surface area contributed by atoms with Gasteiger partial charge in [-0.25, -0.2) is 9.97 Å². The van der Waals surface area contributed by atoms with Crippen molar-refractivity contribution in [3.8, 4) is 22.4 Å². The van der Waals surface area contributed by atoms with E-state index >= 15 is 0 Å². The number of carbonyl (C=O) groups is 2. The molecule has 2 aromatic heterocycles. The van der Waals surface area contributed by atoms with Gasteiger partial charge in [0.2, 0.25) is 0 Å². The smallest absolute Gasteiger partial charge is 0.250 e. The number of nitrogens with zero attached hydrogens (tertiary/aromatic N) is 3. The van der Waals surface area contributed by atoms with Gasteiger partial charge in [-0.15, -0.1) is 0 Å². The van der Waals surface area contributed by atoms with Gasteiger partial charge in [0.15, 0.2) is 0 Å². The maximum absolute atomic E-state index is 11.9. The van der Waals surface area contributed by atoms with Gasteiger partial charge in [-0.05, 0) is 56.0 Å². The van der Waals surface area contributed by atoms with Crippen molar-refractivity contribution in [2.75, 3.05) is 31.8 Å². The molecule has 1 fully saturated rings. The normalized spacial score (nSPS) is 13.3. The average molecular weight is 541 g/mol. The van der Waals surface area contributed by atoms with Crippen molar-refractivity contribution in [1.29, 1.82) is 0 Å². The number of nitrogens with one attached hydrogen (secondary N) is 2. The second-order valence-electron chi connectivity index (χ2n) is 9.98. The minimum Gasteiger partial charge on any atom is -0.383 e. The van der Waals surface area contributed by atoms with Crippen molar-refractivity contribution in [3.63, 3.8) is 0 Å². The summed E-state index contributed by atoms with van der Waals surface area (Å²) in [6.45, 7) is 6.18. The van der Waals surface area contributed by atoms with Gasteiger partial charge < -0.3 is 25.7 Å². The summed E-state index contributed by atoms with van der Waals surface area (Å²) in [5.74, 6) is 1.05. The molecule has 1 saturated carbocycles. The largest absolute Gasteiger partial charge is 0.383 e. The van der Waals surface area contributed by atoms with Crippen molar-refractivity contribution in [2.45, 2.75) is 25.8 Å². The fourth-order valence-corrected chi connectivity index (χ4v) is 4.71. The Morgan fingerprint density at radius 1 is 1.15 bits per heavy atom. The number of aryl methyl sites for hydroxylation is 1. The predicted molar refractivity (Wildman–Crippen MR) is 160 cm³/mol. The number of nitrogens with two attached hydrogens (primary N) is 1. The van der Waals surface area contributed by atoms with Crippen LogP contribution in [0.2, 0.25) is 0 Å². The van der Waals surface area contributed by atoms with Crippen LogP contribution in [-0.2, 0) is 16.6 Å². The first-order valence-corrected chi connectivity index (χ1v) is 13.2.